The minimum atomic E-state index is -0.706. The Kier molecular flexibility index (Phi) is 10.6. The summed E-state index contributed by atoms with van der Waals surface area (Å²) in [6, 6.07) is 0. The van der Waals surface area contributed by atoms with E-state index in [0.717, 1.165) is 57.8 Å². The molecular weight excluding hydrogens is 316 g/mol. The Bertz CT molecular complexity index is 403. The Morgan fingerprint density at radius 3 is 2.52 bits per heavy atom. The second kappa shape index (κ2) is 11.8. The van der Waals surface area contributed by atoms with Gasteiger partial charge < -0.3 is 15.3 Å². The van der Waals surface area contributed by atoms with Crippen LogP contribution in [0, 0.1) is 11.8 Å². The molecule has 1 rings (SSSR count). The molecule has 0 bridgehead atoms. The topological polar surface area (TPSA) is 77.8 Å². The summed E-state index contributed by atoms with van der Waals surface area (Å²) in [5, 5.41) is 29.3. The van der Waals surface area contributed by atoms with Gasteiger partial charge in [0.05, 0.1) is 11.7 Å². The second-order valence-corrected chi connectivity index (χ2v) is 7.93. The van der Waals surface area contributed by atoms with Gasteiger partial charge in [0.1, 0.15) is 5.78 Å². The van der Waals surface area contributed by atoms with Gasteiger partial charge in [0.2, 0.25) is 0 Å². The fourth-order valence-electron chi connectivity index (χ4n) is 3.74. The van der Waals surface area contributed by atoms with Crippen LogP contribution in [0.4, 0.5) is 0 Å². The normalized spacial score (nSPS) is 26.4. The number of carbonyl (C=O) groups is 1. The van der Waals surface area contributed by atoms with Crippen LogP contribution in [-0.2, 0) is 4.79 Å². The lowest BCUT2D eigenvalue weighted by atomic mass is 9.87. The Balaban J connectivity index is 2.45. The van der Waals surface area contributed by atoms with E-state index < -0.39 is 11.7 Å². The first-order chi connectivity index (χ1) is 11.9. The van der Waals surface area contributed by atoms with E-state index in [9.17, 15) is 15.0 Å². The summed E-state index contributed by atoms with van der Waals surface area (Å²) in [4.78, 5) is 12.2. The SMILES string of the molecule is CCCC[C@](C)(O)CC=C[C@H]1[C@H](O)CC(=O)[C@@H]1CCCCCCCO. The summed E-state index contributed by atoms with van der Waals surface area (Å²) in [6.07, 6.45) is 12.9. The molecule has 0 radical (unpaired) electrons. The molecule has 1 saturated carbocycles. The number of rotatable bonds is 13. The van der Waals surface area contributed by atoms with E-state index in [1.807, 2.05) is 19.1 Å². The predicted molar refractivity (Wildman–Crippen MR) is 101 cm³/mol. The van der Waals surface area contributed by atoms with E-state index >= 15 is 0 Å². The quantitative estimate of drug-likeness (QED) is 0.347. The third-order valence-electron chi connectivity index (χ3n) is 5.39. The van der Waals surface area contributed by atoms with Crippen molar-refractivity contribution in [3.05, 3.63) is 12.2 Å². The first-order valence-electron chi connectivity index (χ1n) is 10.1. The van der Waals surface area contributed by atoms with Crippen LogP contribution in [0.2, 0.25) is 0 Å². The molecule has 1 aliphatic carbocycles. The lowest BCUT2D eigenvalue weighted by Gasteiger charge is -2.22. The van der Waals surface area contributed by atoms with E-state index in [4.69, 9.17) is 5.11 Å². The van der Waals surface area contributed by atoms with E-state index in [-0.39, 0.29) is 30.6 Å². The minimum Gasteiger partial charge on any atom is -0.396 e. The molecule has 0 aromatic carbocycles. The van der Waals surface area contributed by atoms with Crippen molar-refractivity contribution in [1.29, 1.82) is 0 Å². The number of hydrogen-bond donors (Lipinski definition) is 3. The van der Waals surface area contributed by atoms with Gasteiger partial charge in [0.15, 0.2) is 0 Å². The van der Waals surface area contributed by atoms with Crippen LogP contribution in [0.15, 0.2) is 12.2 Å². The van der Waals surface area contributed by atoms with Gasteiger partial charge in [-0.1, -0.05) is 57.6 Å². The predicted octanol–water partition coefficient (Wildman–Crippen LogP) is 3.77. The lowest BCUT2D eigenvalue weighted by Crippen LogP contribution is -2.23. The number of carbonyl (C=O) groups excluding carboxylic acids is 1. The molecule has 1 aliphatic rings. The molecule has 4 heteroatoms. The van der Waals surface area contributed by atoms with Crippen molar-refractivity contribution in [2.75, 3.05) is 6.61 Å². The first kappa shape index (κ1) is 22.3. The molecule has 0 heterocycles. The molecule has 4 atom stereocenters. The van der Waals surface area contributed by atoms with Crippen LogP contribution in [0.5, 0.6) is 0 Å². The van der Waals surface area contributed by atoms with Gasteiger partial charge in [-0.05, 0) is 32.6 Å². The average molecular weight is 355 g/mol. The highest BCUT2D eigenvalue weighted by atomic mass is 16.3. The number of hydrogen-bond acceptors (Lipinski definition) is 4. The van der Waals surface area contributed by atoms with Crippen molar-refractivity contribution in [3.63, 3.8) is 0 Å². The van der Waals surface area contributed by atoms with Crippen LogP contribution in [-0.4, -0.2) is 39.4 Å². The van der Waals surface area contributed by atoms with Gasteiger partial charge in [-0.3, -0.25) is 4.79 Å². The monoisotopic (exact) mass is 354 g/mol. The zero-order valence-corrected chi connectivity index (χ0v) is 16.1. The van der Waals surface area contributed by atoms with Crippen molar-refractivity contribution >= 4 is 5.78 Å². The minimum absolute atomic E-state index is 0.0790. The highest BCUT2D eigenvalue weighted by Gasteiger charge is 2.39. The molecule has 3 N–H and O–H groups in total. The molecule has 146 valence electrons. The van der Waals surface area contributed by atoms with Gasteiger partial charge >= 0.3 is 0 Å². The molecule has 0 aromatic rings. The fraction of sp³-hybridized carbons (Fsp3) is 0.857. The Morgan fingerprint density at radius 1 is 1.16 bits per heavy atom. The van der Waals surface area contributed by atoms with Gasteiger partial charge in [-0.15, -0.1) is 0 Å². The maximum absolute atomic E-state index is 12.2. The number of ketones is 1. The molecule has 0 spiro atoms. The largest absolute Gasteiger partial charge is 0.396 e. The fourth-order valence-corrected chi connectivity index (χ4v) is 3.74. The number of Topliss-reactive ketones (excluding diaryl/α,β-unsaturated/α-hetero) is 1. The first-order valence-corrected chi connectivity index (χ1v) is 10.1. The van der Waals surface area contributed by atoms with Crippen molar-refractivity contribution < 1.29 is 20.1 Å². The standard InChI is InChI=1S/C21H38O4/c1-3-4-13-21(2,25)14-10-12-18-17(19(23)16-20(18)24)11-8-6-5-7-9-15-22/h10,12,17-18,20,22,24-25H,3-9,11,13-16H2,1-2H3/t17-,18-,20-,21+/m1/s1. The van der Waals surface area contributed by atoms with E-state index in [1.165, 1.54) is 0 Å². The van der Waals surface area contributed by atoms with Gasteiger partial charge in [0, 0.05) is 24.9 Å². The maximum Gasteiger partial charge on any atom is 0.139 e. The van der Waals surface area contributed by atoms with Gasteiger partial charge in [0.25, 0.3) is 0 Å². The van der Waals surface area contributed by atoms with E-state index in [2.05, 4.69) is 6.92 Å². The van der Waals surface area contributed by atoms with Gasteiger partial charge in [-0.25, -0.2) is 0 Å². The molecule has 25 heavy (non-hydrogen) atoms. The summed E-state index contributed by atoms with van der Waals surface area (Å²) in [5.74, 6) is -0.00755. The molecule has 0 aromatic heterocycles. The summed E-state index contributed by atoms with van der Waals surface area (Å²) in [5.41, 5.74) is -0.706. The van der Waals surface area contributed by atoms with Crippen LogP contribution in [0.1, 0.15) is 84.5 Å². The lowest BCUT2D eigenvalue weighted by molar-refractivity contribution is -0.121. The van der Waals surface area contributed by atoms with Crippen molar-refractivity contribution in [2.45, 2.75) is 96.2 Å². The van der Waals surface area contributed by atoms with Gasteiger partial charge in [-0.2, -0.15) is 0 Å². The molecular formula is C21H38O4. The summed E-state index contributed by atoms with van der Waals surface area (Å²) < 4.78 is 0. The molecule has 0 unspecified atom stereocenters. The molecule has 4 nitrogen and oxygen atoms in total. The maximum atomic E-state index is 12.2. The Hall–Kier alpha value is -0.710. The molecule has 1 fully saturated rings. The van der Waals surface area contributed by atoms with Crippen LogP contribution < -0.4 is 0 Å². The van der Waals surface area contributed by atoms with Crippen LogP contribution >= 0.6 is 0 Å². The smallest absolute Gasteiger partial charge is 0.139 e. The average Bonchev–Trinajstić information content (AvgIpc) is 2.82. The summed E-state index contributed by atoms with van der Waals surface area (Å²) in [7, 11) is 0. The summed E-state index contributed by atoms with van der Waals surface area (Å²) >= 11 is 0. The third-order valence-corrected chi connectivity index (χ3v) is 5.39. The van der Waals surface area contributed by atoms with E-state index in [0.29, 0.717) is 6.42 Å². The zero-order valence-electron chi connectivity index (χ0n) is 16.1. The van der Waals surface area contributed by atoms with E-state index in [1.54, 1.807) is 0 Å². The van der Waals surface area contributed by atoms with Crippen molar-refractivity contribution in [3.8, 4) is 0 Å². The highest BCUT2D eigenvalue weighted by Crippen LogP contribution is 2.34. The number of aliphatic hydroxyl groups is 3. The van der Waals surface area contributed by atoms with Crippen molar-refractivity contribution in [1.82, 2.24) is 0 Å². The van der Waals surface area contributed by atoms with Crippen LogP contribution in [0.25, 0.3) is 0 Å². The Labute approximate surface area is 153 Å². The molecule has 0 saturated heterocycles. The second-order valence-electron chi connectivity index (χ2n) is 7.93. The molecule has 0 amide bonds. The summed E-state index contributed by atoms with van der Waals surface area (Å²) in [6.45, 7) is 4.22. The zero-order chi connectivity index (χ0) is 18.7. The number of unbranched alkanes of at least 4 members (excludes halogenated alkanes) is 5. The third kappa shape index (κ3) is 8.48. The van der Waals surface area contributed by atoms with Crippen molar-refractivity contribution in [2.24, 2.45) is 11.8 Å². The van der Waals surface area contributed by atoms with Crippen LogP contribution in [0.3, 0.4) is 0 Å². The highest BCUT2D eigenvalue weighted by molar-refractivity contribution is 5.84. The number of aliphatic hydroxyl groups excluding tert-OH is 2. The Morgan fingerprint density at radius 2 is 1.84 bits per heavy atom. The molecule has 0 aliphatic heterocycles.